The number of aromatic nitrogens is 4. The van der Waals surface area contributed by atoms with Gasteiger partial charge >= 0.3 is 0 Å². The summed E-state index contributed by atoms with van der Waals surface area (Å²) in [6.07, 6.45) is 5.62. The first-order valence-electron chi connectivity index (χ1n) is 16.5. The van der Waals surface area contributed by atoms with Crippen molar-refractivity contribution < 1.29 is 4.74 Å². The number of hydrogen-bond acceptors (Lipinski definition) is 6. The fourth-order valence-corrected chi connectivity index (χ4v) is 6.91. The van der Waals surface area contributed by atoms with E-state index in [4.69, 9.17) is 19.7 Å². The van der Waals surface area contributed by atoms with Gasteiger partial charge in [-0.15, -0.1) is 0 Å². The second-order valence-electron chi connectivity index (χ2n) is 13.5. The fourth-order valence-electron chi connectivity index (χ4n) is 6.91. The lowest BCUT2D eigenvalue weighted by Crippen LogP contribution is -2.25. The molecule has 8 aromatic rings. The summed E-state index contributed by atoms with van der Waals surface area (Å²) in [5.74, 6) is 4.18. The maximum absolute atomic E-state index is 6.60. The zero-order valence-corrected chi connectivity index (χ0v) is 27.6. The SMILES string of the molecule is CC(C)(C)c1ccnc(-n2c3ccccc3c3ccc(Oc4cccc(N5CN(c6nccc7ccccc67)c6cccnc65)c4)cc32)c1. The molecule has 0 atom stereocenters. The van der Waals surface area contributed by atoms with Crippen LogP contribution in [0.5, 0.6) is 11.5 Å². The number of hydrogen-bond donors (Lipinski definition) is 0. The van der Waals surface area contributed by atoms with Crippen molar-refractivity contribution in [3.05, 3.63) is 145 Å². The van der Waals surface area contributed by atoms with Gasteiger partial charge in [-0.25, -0.2) is 15.0 Å². The molecule has 0 saturated heterocycles. The average molecular weight is 639 g/mol. The lowest BCUT2D eigenvalue weighted by atomic mass is 9.88. The topological polar surface area (TPSA) is 59.3 Å². The highest BCUT2D eigenvalue weighted by molar-refractivity contribution is 6.09. The largest absolute Gasteiger partial charge is 0.457 e. The van der Waals surface area contributed by atoms with Crippen LogP contribution >= 0.6 is 0 Å². The normalized spacial score (nSPS) is 13.0. The molecule has 0 saturated carbocycles. The number of rotatable bonds is 5. The minimum Gasteiger partial charge on any atom is -0.457 e. The van der Waals surface area contributed by atoms with Crippen molar-refractivity contribution in [2.75, 3.05) is 16.5 Å². The highest BCUT2D eigenvalue weighted by Crippen LogP contribution is 2.44. The van der Waals surface area contributed by atoms with E-state index in [9.17, 15) is 0 Å². The Labute approximate surface area is 284 Å². The van der Waals surface area contributed by atoms with E-state index < -0.39 is 0 Å². The van der Waals surface area contributed by atoms with E-state index in [2.05, 4.69) is 126 Å². The van der Waals surface area contributed by atoms with Gasteiger partial charge in [-0.3, -0.25) is 4.57 Å². The Morgan fingerprint density at radius 3 is 2.24 bits per heavy atom. The molecule has 5 heterocycles. The third kappa shape index (κ3) is 4.93. The number of fused-ring (bicyclic) bond motifs is 5. The summed E-state index contributed by atoms with van der Waals surface area (Å²) in [5.41, 5.74) is 5.40. The molecular weight excluding hydrogens is 605 g/mol. The molecule has 49 heavy (non-hydrogen) atoms. The van der Waals surface area contributed by atoms with Crippen LogP contribution in [0.25, 0.3) is 38.4 Å². The van der Waals surface area contributed by atoms with Crippen molar-refractivity contribution in [1.82, 2.24) is 19.5 Å². The second-order valence-corrected chi connectivity index (χ2v) is 13.5. The molecule has 0 radical (unpaired) electrons. The summed E-state index contributed by atoms with van der Waals surface area (Å²) in [6, 6.07) is 41.8. The first-order valence-corrected chi connectivity index (χ1v) is 16.5. The van der Waals surface area contributed by atoms with E-state index in [1.807, 2.05) is 48.9 Å². The summed E-state index contributed by atoms with van der Waals surface area (Å²) in [7, 11) is 0. The molecule has 0 unspecified atom stereocenters. The van der Waals surface area contributed by atoms with Crippen molar-refractivity contribution in [3.63, 3.8) is 0 Å². The van der Waals surface area contributed by atoms with E-state index in [1.54, 1.807) is 0 Å². The molecule has 9 rings (SSSR count). The summed E-state index contributed by atoms with van der Waals surface area (Å²) in [6.45, 7) is 7.26. The minimum atomic E-state index is 0.00351. The van der Waals surface area contributed by atoms with Gasteiger partial charge in [0.15, 0.2) is 5.82 Å². The van der Waals surface area contributed by atoms with Crippen LogP contribution in [0.1, 0.15) is 26.3 Å². The van der Waals surface area contributed by atoms with E-state index in [1.165, 1.54) is 10.9 Å². The van der Waals surface area contributed by atoms with Crippen molar-refractivity contribution in [1.29, 1.82) is 0 Å². The molecule has 4 aromatic carbocycles. The van der Waals surface area contributed by atoms with Gasteiger partial charge < -0.3 is 14.5 Å². The predicted molar refractivity (Wildman–Crippen MR) is 199 cm³/mol. The Kier molecular flexibility index (Phi) is 6.62. The number of benzene rings is 4. The zero-order chi connectivity index (χ0) is 33.1. The average Bonchev–Trinajstić information content (AvgIpc) is 3.67. The van der Waals surface area contributed by atoms with Crippen LogP contribution in [0.15, 0.2) is 140 Å². The molecular formula is C42H34N6O. The minimum absolute atomic E-state index is 0.00351. The molecule has 1 aliphatic heterocycles. The van der Waals surface area contributed by atoms with Crippen molar-refractivity contribution in [3.8, 4) is 17.3 Å². The predicted octanol–water partition coefficient (Wildman–Crippen LogP) is 10.5. The molecule has 7 heteroatoms. The molecule has 0 N–H and O–H groups in total. The quantitative estimate of drug-likeness (QED) is 0.187. The molecule has 7 nitrogen and oxygen atoms in total. The van der Waals surface area contributed by atoms with Gasteiger partial charge in [0.1, 0.15) is 29.8 Å². The number of pyridine rings is 3. The molecule has 0 aliphatic carbocycles. The number of para-hydroxylation sites is 1. The van der Waals surface area contributed by atoms with E-state index in [0.29, 0.717) is 6.67 Å². The van der Waals surface area contributed by atoms with E-state index >= 15 is 0 Å². The smallest absolute Gasteiger partial charge is 0.158 e. The standard InChI is InChI=1S/C42H34N6O/c1-42(2,3)29-20-23-43-39(24-29)48-36-15-7-6-14-34(36)35-18-17-32(26-38(35)48)49-31-12-8-11-30(25-31)46-27-47(37-16-9-21-44-41(37)46)40-33-13-5-4-10-28(33)19-22-45-40/h4-26H,27H2,1-3H3. The van der Waals surface area contributed by atoms with Gasteiger partial charge in [0.25, 0.3) is 0 Å². The molecule has 1 aliphatic rings. The zero-order valence-electron chi connectivity index (χ0n) is 27.6. The molecule has 238 valence electrons. The monoisotopic (exact) mass is 638 g/mol. The van der Waals surface area contributed by atoms with Gasteiger partial charge in [-0.05, 0) is 77.0 Å². The number of anilines is 4. The molecule has 0 fully saturated rings. The highest BCUT2D eigenvalue weighted by atomic mass is 16.5. The highest BCUT2D eigenvalue weighted by Gasteiger charge is 2.31. The molecule has 4 aromatic heterocycles. The first kappa shape index (κ1) is 29.0. The number of nitrogens with zero attached hydrogens (tertiary/aromatic N) is 6. The van der Waals surface area contributed by atoms with Crippen LogP contribution in [-0.4, -0.2) is 26.2 Å². The van der Waals surface area contributed by atoms with Gasteiger partial charge in [0.05, 0.1) is 16.7 Å². The maximum atomic E-state index is 6.60. The van der Waals surface area contributed by atoms with Crippen LogP contribution in [-0.2, 0) is 5.41 Å². The van der Waals surface area contributed by atoms with Gasteiger partial charge in [-0.1, -0.05) is 69.3 Å². The van der Waals surface area contributed by atoms with Gasteiger partial charge in [0, 0.05) is 52.6 Å². The number of ether oxygens (including phenoxy) is 1. The fraction of sp³-hybridized carbons (Fsp3) is 0.119. The Bertz CT molecular complexity index is 2530. The Morgan fingerprint density at radius 2 is 1.35 bits per heavy atom. The lowest BCUT2D eigenvalue weighted by Gasteiger charge is -2.22. The van der Waals surface area contributed by atoms with Crippen LogP contribution in [0, 0.1) is 0 Å². The molecule has 0 spiro atoms. The van der Waals surface area contributed by atoms with Crippen LogP contribution in [0.4, 0.5) is 23.0 Å². The third-order valence-corrected chi connectivity index (χ3v) is 9.35. The Morgan fingerprint density at radius 1 is 0.571 bits per heavy atom. The van der Waals surface area contributed by atoms with Crippen molar-refractivity contribution >= 4 is 55.6 Å². The second kappa shape index (κ2) is 11.2. The van der Waals surface area contributed by atoms with Gasteiger partial charge in [-0.2, -0.15) is 0 Å². The maximum Gasteiger partial charge on any atom is 0.158 e. The third-order valence-electron chi connectivity index (χ3n) is 9.35. The molecule has 0 bridgehead atoms. The Balaban J connectivity index is 1.08. The van der Waals surface area contributed by atoms with Gasteiger partial charge in [0.2, 0.25) is 0 Å². The summed E-state index contributed by atoms with van der Waals surface area (Å²) < 4.78 is 8.84. The summed E-state index contributed by atoms with van der Waals surface area (Å²) in [5, 5.41) is 4.59. The summed E-state index contributed by atoms with van der Waals surface area (Å²) in [4.78, 5) is 18.9. The molecule has 0 amide bonds. The van der Waals surface area contributed by atoms with Crippen molar-refractivity contribution in [2.45, 2.75) is 26.2 Å². The van der Waals surface area contributed by atoms with Crippen LogP contribution in [0.3, 0.4) is 0 Å². The van der Waals surface area contributed by atoms with Crippen molar-refractivity contribution in [2.24, 2.45) is 0 Å². The van der Waals surface area contributed by atoms with Crippen LogP contribution in [0.2, 0.25) is 0 Å². The van der Waals surface area contributed by atoms with Crippen LogP contribution < -0.4 is 14.5 Å². The lowest BCUT2D eigenvalue weighted by molar-refractivity contribution is 0.483. The first-order chi connectivity index (χ1) is 23.9. The summed E-state index contributed by atoms with van der Waals surface area (Å²) >= 11 is 0. The van der Waals surface area contributed by atoms with E-state index in [0.717, 1.165) is 67.5 Å². The van der Waals surface area contributed by atoms with E-state index in [-0.39, 0.29) is 5.41 Å². The Hall–Kier alpha value is -6.21.